The van der Waals surface area contributed by atoms with Crippen LogP contribution in [0.5, 0.6) is 0 Å². The maximum absolute atomic E-state index is 11.3. The number of hydrogen-bond donors (Lipinski definition) is 4. The highest BCUT2D eigenvalue weighted by atomic mass is 16.6. The summed E-state index contributed by atoms with van der Waals surface area (Å²) < 4.78 is 6.81. The Balaban J connectivity index is 1.82. The Kier molecular flexibility index (Phi) is 2.79. The van der Waals surface area contributed by atoms with Gasteiger partial charge in [-0.1, -0.05) is 19.4 Å². The molecule has 1 saturated heterocycles. The number of hydrogen-bond acceptors (Lipinski definition) is 5. The minimum atomic E-state index is -1.01. The second-order valence-corrected chi connectivity index (χ2v) is 10.2. The molecular formula is C20H30O5. The summed E-state index contributed by atoms with van der Waals surface area (Å²) in [6.45, 7) is 7.80. The van der Waals surface area contributed by atoms with Gasteiger partial charge in [-0.3, -0.25) is 0 Å². The second kappa shape index (κ2) is 4.17. The molecule has 5 nitrogen and oxygen atoms in total. The fraction of sp³-hybridized carbons (Fsp3) is 0.900. The van der Waals surface area contributed by atoms with Crippen LogP contribution >= 0.6 is 0 Å². The van der Waals surface area contributed by atoms with Crippen molar-refractivity contribution in [3.63, 3.8) is 0 Å². The molecule has 0 aromatic rings. The van der Waals surface area contributed by atoms with E-state index in [4.69, 9.17) is 4.74 Å². The first-order chi connectivity index (χ1) is 11.5. The fourth-order valence-electron chi connectivity index (χ4n) is 7.82. The molecule has 2 heterocycles. The van der Waals surface area contributed by atoms with Gasteiger partial charge in [-0.15, -0.1) is 0 Å². The van der Waals surface area contributed by atoms with Crippen LogP contribution in [-0.4, -0.2) is 55.5 Å². The van der Waals surface area contributed by atoms with Crippen LogP contribution in [0.4, 0.5) is 0 Å². The molecule has 2 aliphatic heterocycles. The molecule has 0 aromatic carbocycles. The molecule has 8 atom stereocenters. The fourth-order valence-corrected chi connectivity index (χ4v) is 7.82. The molecule has 0 aromatic heterocycles. The molecular weight excluding hydrogens is 320 g/mol. The summed E-state index contributed by atoms with van der Waals surface area (Å²) >= 11 is 0. The van der Waals surface area contributed by atoms with Crippen molar-refractivity contribution in [1.82, 2.24) is 0 Å². The molecule has 4 bridgehead atoms. The average molecular weight is 350 g/mol. The lowest BCUT2D eigenvalue weighted by atomic mass is 9.54. The Morgan fingerprint density at radius 3 is 2.44 bits per heavy atom. The monoisotopic (exact) mass is 350 g/mol. The highest BCUT2D eigenvalue weighted by Crippen LogP contribution is 2.76. The second-order valence-electron chi connectivity index (χ2n) is 10.2. The van der Waals surface area contributed by atoms with Gasteiger partial charge < -0.3 is 25.2 Å². The molecule has 5 rings (SSSR count). The van der Waals surface area contributed by atoms with Gasteiger partial charge in [-0.25, -0.2) is 0 Å². The van der Waals surface area contributed by atoms with Crippen LogP contribution in [-0.2, 0) is 4.74 Å². The normalized spacial score (nSPS) is 61.4. The van der Waals surface area contributed by atoms with E-state index >= 15 is 0 Å². The molecule has 4 fully saturated rings. The molecule has 4 N–H and O–H groups in total. The maximum Gasteiger partial charge on any atom is 0.124 e. The van der Waals surface area contributed by atoms with Crippen molar-refractivity contribution in [1.29, 1.82) is 0 Å². The number of aliphatic hydroxyl groups excluding tert-OH is 3. The van der Waals surface area contributed by atoms with E-state index in [1.807, 2.05) is 13.8 Å². The summed E-state index contributed by atoms with van der Waals surface area (Å²) in [6.07, 6.45) is 0.858. The van der Waals surface area contributed by atoms with Crippen molar-refractivity contribution < 1.29 is 25.2 Å². The van der Waals surface area contributed by atoms with Crippen molar-refractivity contribution >= 4 is 0 Å². The highest BCUT2D eigenvalue weighted by molar-refractivity contribution is 5.49. The topological polar surface area (TPSA) is 90.2 Å². The largest absolute Gasteiger partial charge is 0.392 e. The lowest BCUT2D eigenvalue weighted by Crippen LogP contribution is -2.67. The quantitative estimate of drug-likeness (QED) is 0.494. The van der Waals surface area contributed by atoms with Crippen LogP contribution in [0.2, 0.25) is 0 Å². The predicted octanol–water partition coefficient (Wildman–Crippen LogP) is 1.28. The van der Waals surface area contributed by atoms with E-state index < -0.39 is 45.9 Å². The SMILES string of the molecule is CC1=C2C[C@H](O)C(C)(C)[C@]23O[C@]2(C[C@H]3O)C[C@@](C)(O)[C@H]3CC[C@@]12[C@@H]3O. The Labute approximate surface area is 148 Å². The zero-order valence-electron chi connectivity index (χ0n) is 15.5. The lowest BCUT2D eigenvalue weighted by Gasteiger charge is -2.61. The highest BCUT2D eigenvalue weighted by Gasteiger charge is 2.81. The summed E-state index contributed by atoms with van der Waals surface area (Å²) in [5, 5.41) is 44.4. The summed E-state index contributed by atoms with van der Waals surface area (Å²) in [6, 6.07) is 0. The van der Waals surface area contributed by atoms with Crippen molar-refractivity contribution in [2.24, 2.45) is 16.7 Å². The van der Waals surface area contributed by atoms with Crippen molar-refractivity contribution in [2.75, 3.05) is 0 Å². The van der Waals surface area contributed by atoms with Gasteiger partial charge >= 0.3 is 0 Å². The Hall–Kier alpha value is -0.460. The molecule has 0 unspecified atom stereocenters. The van der Waals surface area contributed by atoms with Crippen LogP contribution in [0.1, 0.15) is 59.8 Å². The Morgan fingerprint density at radius 2 is 1.76 bits per heavy atom. The van der Waals surface area contributed by atoms with E-state index in [0.29, 0.717) is 19.3 Å². The van der Waals surface area contributed by atoms with E-state index in [-0.39, 0.29) is 5.92 Å². The smallest absolute Gasteiger partial charge is 0.124 e. The van der Waals surface area contributed by atoms with Gasteiger partial charge in [0, 0.05) is 29.6 Å². The molecule has 5 aliphatic rings. The molecule has 140 valence electrons. The Morgan fingerprint density at radius 1 is 1.08 bits per heavy atom. The van der Waals surface area contributed by atoms with E-state index in [1.54, 1.807) is 6.92 Å². The average Bonchev–Trinajstić information content (AvgIpc) is 3.01. The third-order valence-electron chi connectivity index (χ3n) is 9.10. The van der Waals surface area contributed by atoms with E-state index in [2.05, 4.69) is 6.92 Å². The molecule has 3 saturated carbocycles. The van der Waals surface area contributed by atoms with Crippen LogP contribution in [0.3, 0.4) is 0 Å². The summed E-state index contributed by atoms with van der Waals surface area (Å²) in [5.41, 5.74) is -1.75. The third-order valence-corrected chi connectivity index (χ3v) is 9.10. The third kappa shape index (κ3) is 1.39. The van der Waals surface area contributed by atoms with Gasteiger partial charge in [0.1, 0.15) is 5.60 Å². The van der Waals surface area contributed by atoms with Crippen molar-refractivity contribution in [2.45, 2.75) is 94.9 Å². The van der Waals surface area contributed by atoms with E-state index in [0.717, 1.165) is 24.0 Å². The lowest BCUT2D eigenvalue weighted by molar-refractivity contribution is -0.264. The van der Waals surface area contributed by atoms with Crippen LogP contribution in [0.15, 0.2) is 11.1 Å². The number of fused-ring (bicyclic) bond motifs is 1. The van der Waals surface area contributed by atoms with E-state index in [9.17, 15) is 20.4 Å². The molecule has 0 radical (unpaired) electrons. The first kappa shape index (κ1) is 16.7. The number of aliphatic hydroxyl groups is 4. The molecule has 5 heteroatoms. The number of rotatable bonds is 0. The van der Waals surface area contributed by atoms with E-state index in [1.165, 1.54) is 0 Å². The molecule has 3 spiro atoms. The molecule has 0 amide bonds. The maximum atomic E-state index is 11.3. The summed E-state index contributed by atoms with van der Waals surface area (Å²) in [7, 11) is 0. The summed E-state index contributed by atoms with van der Waals surface area (Å²) in [5.74, 6) is -0.165. The van der Waals surface area contributed by atoms with Crippen molar-refractivity contribution in [3.8, 4) is 0 Å². The van der Waals surface area contributed by atoms with Gasteiger partial charge in [0.2, 0.25) is 0 Å². The Bertz CT molecular complexity index is 696. The van der Waals surface area contributed by atoms with Crippen molar-refractivity contribution in [3.05, 3.63) is 11.1 Å². The minimum Gasteiger partial charge on any atom is -0.392 e. The standard InChI is InChI=1S/C20H30O5/c1-10-12-7-13(21)16(2,3)20(12)14(22)8-18(25-20)9-17(4,24)11-5-6-19(10,18)15(11)23/h11,13-15,21-24H,5-9H2,1-4H3/t11-,13-,14+,15+,17+,18+,19-,20-/m0/s1. The van der Waals surface area contributed by atoms with Gasteiger partial charge in [0.05, 0.1) is 29.5 Å². The molecule has 3 aliphatic carbocycles. The minimum absolute atomic E-state index is 0.165. The van der Waals surface area contributed by atoms with Crippen LogP contribution in [0, 0.1) is 16.7 Å². The van der Waals surface area contributed by atoms with Gasteiger partial charge in [0.25, 0.3) is 0 Å². The number of ether oxygens (including phenoxy) is 1. The first-order valence-corrected chi connectivity index (χ1v) is 9.64. The zero-order chi connectivity index (χ0) is 18.2. The van der Waals surface area contributed by atoms with Crippen LogP contribution in [0.25, 0.3) is 0 Å². The van der Waals surface area contributed by atoms with Gasteiger partial charge in [-0.2, -0.15) is 0 Å². The summed E-state index contributed by atoms with van der Waals surface area (Å²) in [4.78, 5) is 0. The van der Waals surface area contributed by atoms with Gasteiger partial charge in [-0.05, 0) is 38.7 Å². The predicted molar refractivity (Wildman–Crippen MR) is 90.7 cm³/mol. The molecule has 25 heavy (non-hydrogen) atoms. The van der Waals surface area contributed by atoms with Gasteiger partial charge in [0.15, 0.2) is 0 Å². The zero-order valence-corrected chi connectivity index (χ0v) is 15.5. The first-order valence-electron chi connectivity index (χ1n) is 9.64. The van der Waals surface area contributed by atoms with Crippen LogP contribution < -0.4 is 0 Å².